The van der Waals surface area contributed by atoms with Crippen LogP contribution < -0.4 is 0 Å². The molecule has 2 fully saturated rings. The lowest BCUT2D eigenvalue weighted by atomic mass is 9.94. The van der Waals surface area contributed by atoms with Crippen molar-refractivity contribution in [3.05, 3.63) is 60.0 Å². The first-order valence-corrected chi connectivity index (χ1v) is 8.57. The molecule has 2 aliphatic heterocycles. The fourth-order valence-electron chi connectivity index (χ4n) is 3.79. The standard InChI is InChI=1S/C20H19FO4/c21-15-3-1-14(2-4-15)18(23)13-17-7-10-20(24-17)12-11-19(25-20)8-5-16(22)6-9-19/h1-6,8-9,17H,7,10-13H2/t17-,20-/m0/s1. The van der Waals surface area contributed by atoms with Gasteiger partial charge in [0.1, 0.15) is 11.4 Å². The van der Waals surface area contributed by atoms with Gasteiger partial charge in [0.2, 0.25) is 0 Å². The predicted molar refractivity (Wildman–Crippen MR) is 88.5 cm³/mol. The van der Waals surface area contributed by atoms with E-state index in [1.54, 1.807) is 12.2 Å². The van der Waals surface area contributed by atoms with E-state index in [1.165, 1.54) is 36.4 Å². The third-order valence-corrected chi connectivity index (χ3v) is 5.14. The Morgan fingerprint density at radius 3 is 2.56 bits per heavy atom. The fraction of sp³-hybridized carbons (Fsp3) is 0.400. The molecule has 25 heavy (non-hydrogen) atoms. The van der Waals surface area contributed by atoms with E-state index in [1.807, 2.05) is 0 Å². The Bertz CT molecular complexity index is 748. The van der Waals surface area contributed by atoms with E-state index >= 15 is 0 Å². The highest BCUT2D eigenvalue weighted by Crippen LogP contribution is 2.48. The summed E-state index contributed by atoms with van der Waals surface area (Å²) in [5.41, 5.74) is -0.0737. The van der Waals surface area contributed by atoms with Crippen LogP contribution in [0.1, 0.15) is 42.5 Å². The van der Waals surface area contributed by atoms with Crippen molar-refractivity contribution < 1.29 is 23.5 Å². The highest BCUT2D eigenvalue weighted by molar-refractivity contribution is 6.00. The van der Waals surface area contributed by atoms with E-state index in [2.05, 4.69) is 0 Å². The molecule has 0 saturated carbocycles. The van der Waals surface area contributed by atoms with Crippen LogP contribution in [0.2, 0.25) is 0 Å². The van der Waals surface area contributed by atoms with Crippen molar-refractivity contribution in [1.82, 2.24) is 0 Å². The minimum atomic E-state index is -0.678. The number of benzene rings is 1. The number of halogens is 1. The molecule has 4 nitrogen and oxygen atoms in total. The zero-order valence-corrected chi connectivity index (χ0v) is 13.7. The number of rotatable bonds is 3. The number of Topliss-reactive ketones (excluding diaryl/α,β-unsaturated/α-hetero) is 1. The summed E-state index contributed by atoms with van der Waals surface area (Å²) in [5, 5.41) is 0. The van der Waals surface area contributed by atoms with Crippen LogP contribution >= 0.6 is 0 Å². The summed E-state index contributed by atoms with van der Waals surface area (Å²) in [6.07, 6.45) is 9.67. The van der Waals surface area contributed by atoms with Crippen molar-refractivity contribution in [2.45, 2.75) is 49.6 Å². The van der Waals surface area contributed by atoms with E-state index in [0.29, 0.717) is 5.56 Å². The highest BCUT2D eigenvalue weighted by atomic mass is 19.1. The van der Waals surface area contributed by atoms with Gasteiger partial charge in [0.25, 0.3) is 0 Å². The highest BCUT2D eigenvalue weighted by Gasteiger charge is 2.52. The molecule has 0 unspecified atom stereocenters. The van der Waals surface area contributed by atoms with Gasteiger partial charge in [0.15, 0.2) is 17.4 Å². The molecule has 0 amide bonds. The summed E-state index contributed by atoms with van der Waals surface area (Å²) in [7, 11) is 0. The van der Waals surface area contributed by atoms with Gasteiger partial charge in [-0.3, -0.25) is 9.59 Å². The van der Waals surface area contributed by atoms with Crippen LogP contribution in [0.15, 0.2) is 48.6 Å². The molecule has 4 rings (SSSR count). The van der Waals surface area contributed by atoms with Crippen molar-refractivity contribution in [3.63, 3.8) is 0 Å². The van der Waals surface area contributed by atoms with Gasteiger partial charge in [0.05, 0.1) is 6.10 Å². The molecule has 5 heteroatoms. The second-order valence-corrected chi connectivity index (χ2v) is 6.95. The van der Waals surface area contributed by atoms with Gasteiger partial charge in [0, 0.05) is 24.8 Å². The van der Waals surface area contributed by atoms with Crippen molar-refractivity contribution >= 4 is 11.6 Å². The number of allylic oxidation sites excluding steroid dienone is 2. The van der Waals surface area contributed by atoms with Gasteiger partial charge >= 0.3 is 0 Å². The topological polar surface area (TPSA) is 52.6 Å². The maximum Gasteiger partial charge on any atom is 0.178 e. The lowest BCUT2D eigenvalue weighted by molar-refractivity contribution is -0.222. The SMILES string of the molecule is O=C1C=CC2(C=C1)CC[C@]1(CC[C@@H](CC(=O)c3ccc(F)cc3)O1)O2. The van der Waals surface area contributed by atoms with E-state index in [0.717, 1.165) is 25.7 Å². The molecule has 0 N–H and O–H groups in total. The summed E-state index contributed by atoms with van der Waals surface area (Å²) < 4.78 is 25.3. The van der Waals surface area contributed by atoms with Crippen molar-refractivity contribution in [2.75, 3.05) is 0 Å². The normalized spacial score (nSPS) is 29.8. The lowest BCUT2D eigenvalue weighted by Gasteiger charge is -2.29. The number of ketones is 2. The van der Waals surface area contributed by atoms with Crippen LogP contribution in [-0.2, 0) is 14.3 Å². The van der Waals surface area contributed by atoms with E-state index in [9.17, 15) is 14.0 Å². The zero-order valence-electron chi connectivity index (χ0n) is 13.7. The molecule has 1 aliphatic carbocycles. The molecular weight excluding hydrogens is 323 g/mol. The number of hydrogen-bond donors (Lipinski definition) is 0. The molecule has 3 aliphatic rings. The largest absolute Gasteiger partial charge is 0.346 e. The molecule has 0 radical (unpaired) electrons. The van der Waals surface area contributed by atoms with Crippen molar-refractivity contribution in [3.8, 4) is 0 Å². The average Bonchev–Trinajstić information content (AvgIpc) is 3.15. The first kappa shape index (κ1) is 16.4. The number of carbonyl (C=O) groups is 2. The Kier molecular flexibility index (Phi) is 3.93. The second-order valence-electron chi connectivity index (χ2n) is 6.95. The summed E-state index contributed by atoms with van der Waals surface area (Å²) in [6, 6.07) is 5.57. The molecule has 2 atom stereocenters. The van der Waals surface area contributed by atoms with Crippen molar-refractivity contribution in [1.29, 1.82) is 0 Å². The van der Waals surface area contributed by atoms with E-state index < -0.39 is 11.4 Å². The zero-order chi connectivity index (χ0) is 17.5. The third-order valence-electron chi connectivity index (χ3n) is 5.14. The lowest BCUT2D eigenvalue weighted by Crippen LogP contribution is -2.34. The molecule has 2 saturated heterocycles. The maximum atomic E-state index is 13.0. The molecule has 130 valence electrons. The van der Waals surface area contributed by atoms with Crippen LogP contribution in [0, 0.1) is 5.82 Å². The average molecular weight is 342 g/mol. The van der Waals surface area contributed by atoms with Gasteiger partial charge < -0.3 is 9.47 Å². The Morgan fingerprint density at radius 1 is 1.12 bits per heavy atom. The maximum absolute atomic E-state index is 13.0. The molecule has 2 spiro atoms. The molecule has 0 bridgehead atoms. The third kappa shape index (κ3) is 3.22. The molecule has 1 aromatic rings. The summed E-state index contributed by atoms with van der Waals surface area (Å²) >= 11 is 0. The van der Waals surface area contributed by atoms with Crippen molar-refractivity contribution in [2.24, 2.45) is 0 Å². The number of hydrogen-bond acceptors (Lipinski definition) is 4. The number of carbonyl (C=O) groups excluding carboxylic acids is 2. The first-order chi connectivity index (χ1) is 12.0. The molecule has 2 heterocycles. The van der Waals surface area contributed by atoms with Crippen LogP contribution in [0.4, 0.5) is 4.39 Å². The van der Waals surface area contributed by atoms with Crippen LogP contribution in [0.25, 0.3) is 0 Å². The monoisotopic (exact) mass is 342 g/mol. The molecule has 0 aromatic heterocycles. The Hall–Kier alpha value is -2.11. The summed E-state index contributed by atoms with van der Waals surface area (Å²) in [4.78, 5) is 23.7. The van der Waals surface area contributed by atoms with E-state index in [4.69, 9.17) is 9.47 Å². The Labute approximate surface area is 145 Å². The minimum Gasteiger partial charge on any atom is -0.346 e. The molecule has 1 aromatic carbocycles. The van der Waals surface area contributed by atoms with Gasteiger partial charge in [-0.05, 0) is 61.4 Å². The predicted octanol–water partition coefficient (Wildman–Crippen LogP) is 3.52. The first-order valence-electron chi connectivity index (χ1n) is 8.57. The van der Waals surface area contributed by atoms with Crippen LogP contribution in [-0.4, -0.2) is 29.1 Å². The van der Waals surface area contributed by atoms with Crippen LogP contribution in [0.5, 0.6) is 0 Å². The smallest absolute Gasteiger partial charge is 0.178 e. The Balaban J connectivity index is 1.39. The quantitative estimate of drug-likeness (QED) is 0.789. The second kappa shape index (κ2) is 6.00. The Morgan fingerprint density at radius 2 is 1.84 bits per heavy atom. The van der Waals surface area contributed by atoms with Gasteiger partial charge in [-0.25, -0.2) is 4.39 Å². The van der Waals surface area contributed by atoms with Gasteiger partial charge in [-0.2, -0.15) is 0 Å². The summed E-state index contributed by atoms with van der Waals surface area (Å²) in [5.74, 6) is -1.13. The van der Waals surface area contributed by atoms with E-state index in [-0.39, 0.29) is 29.9 Å². The fourth-order valence-corrected chi connectivity index (χ4v) is 3.79. The van der Waals surface area contributed by atoms with Crippen LogP contribution in [0.3, 0.4) is 0 Å². The van der Waals surface area contributed by atoms with Gasteiger partial charge in [-0.1, -0.05) is 0 Å². The minimum absolute atomic E-state index is 0.0368. The molecular formula is C20H19FO4. The van der Waals surface area contributed by atoms with Gasteiger partial charge in [-0.15, -0.1) is 0 Å². The summed E-state index contributed by atoms with van der Waals surface area (Å²) in [6.45, 7) is 0. The number of ether oxygens (including phenoxy) is 2.